The Kier molecular flexibility index (Phi) is 2.21. The van der Waals surface area contributed by atoms with Gasteiger partial charge in [0.2, 0.25) is 5.91 Å². The molecule has 61 valence electrons. The Morgan fingerprint density at radius 1 is 1.82 bits per heavy atom. The van der Waals surface area contributed by atoms with E-state index in [4.69, 9.17) is 5.73 Å². The summed E-state index contributed by atoms with van der Waals surface area (Å²) in [6.07, 6.45) is 0.354. The molecule has 1 heterocycles. The molecular formula is C6H9N2O3. The van der Waals surface area contributed by atoms with Crippen LogP contribution < -0.4 is 10.8 Å². The van der Waals surface area contributed by atoms with Crippen LogP contribution in [0.3, 0.4) is 0 Å². The van der Waals surface area contributed by atoms with Gasteiger partial charge in [-0.15, -0.1) is 0 Å². The van der Waals surface area contributed by atoms with Crippen molar-refractivity contribution >= 4 is 11.8 Å². The van der Waals surface area contributed by atoms with Gasteiger partial charge in [0.1, 0.15) is 0 Å². The predicted octanol–water partition coefficient (Wildman–Crippen LogP) is -1.88. The van der Waals surface area contributed by atoms with Gasteiger partial charge in [-0.2, -0.15) is 0 Å². The molecule has 0 aromatic carbocycles. The van der Waals surface area contributed by atoms with Crippen LogP contribution in [-0.2, 0) is 9.59 Å². The highest BCUT2D eigenvalue weighted by molar-refractivity contribution is 5.81. The molecule has 11 heavy (non-hydrogen) atoms. The summed E-state index contributed by atoms with van der Waals surface area (Å²) >= 11 is 0. The third-order valence-electron chi connectivity index (χ3n) is 1.80. The molecule has 1 radical (unpaired) electrons. The summed E-state index contributed by atoms with van der Waals surface area (Å²) in [5.74, 6) is -1.73. The first-order valence-electron chi connectivity index (χ1n) is 3.42. The van der Waals surface area contributed by atoms with Crippen LogP contribution in [0.1, 0.15) is 12.8 Å². The topological polar surface area (TPSA) is 85.4 Å². The largest absolute Gasteiger partial charge is 0.627 e. The van der Waals surface area contributed by atoms with Crippen molar-refractivity contribution in [2.75, 3.05) is 6.54 Å². The van der Waals surface area contributed by atoms with E-state index in [9.17, 15) is 14.8 Å². The predicted molar refractivity (Wildman–Crippen MR) is 35.0 cm³/mol. The number of carbonyl (C=O) groups excluding carboxylic acids is 2. The average Bonchev–Trinajstić information content (AvgIpc) is 2.18. The fourth-order valence-electron chi connectivity index (χ4n) is 1.21. The van der Waals surface area contributed by atoms with Crippen LogP contribution in [0.25, 0.3) is 0 Å². The number of amides is 2. The van der Waals surface area contributed by atoms with Crippen molar-refractivity contribution < 1.29 is 14.7 Å². The lowest BCUT2D eigenvalue weighted by Gasteiger charge is -2.11. The Bertz CT molecular complexity index is 192. The number of nitrogens with one attached hydrogen (secondary N) is 2. The first-order chi connectivity index (χ1) is 5.11. The van der Waals surface area contributed by atoms with E-state index in [-0.39, 0.29) is 13.0 Å². The molecule has 1 fully saturated rings. The van der Waals surface area contributed by atoms with Gasteiger partial charge in [-0.25, -0.2) is 4.79 Å². The van der Waals surface area contributed by atoms with E-state index in [1.165, 1.54) is 0 Å². The summed E-state index contributed by atoms with van der Waals surface area (Å²) in [5, 5.41) is 10.3. The lowest BCUT2D eigenvalue weighted by atomic mass is 10.0. The molecule has 2 amide bonds. The highest BCUT2D eigenvalue weighted by atomic mass is 16.5. The number of carbonyl (C=O) groups is 2. The number of rotatable bonds is 2. The Morgan fingerprint density at radius 3 is 2.82 bits per heavy atom. The Morgan fingerprint density at radius 2 is 2.45 bits per heavy atom. The van der Waals surface area contributed by atoms with Crippen LogP contribution in [0.4, 0.5) is 0 Å². The van der Waals surface area contributed by atoms with Crippen LogP contribution >= 0.6 is 0 Å². The van der Waals surface area contributed by atoms with Crippen molar-refractivity contribution in [1.82, 2.24) is 5.73 Å². The Hall–Kier alpha value is -0.940. The van der Waals surface area contributed by atoms with Crippen molar-refractivity contribution in [3.63, 3.8) is 0 Å². The summed E-state index contributed by atoms with van der Waals surface area (Å²) in [7, 11) is 0. The fourth-order valence-corrected chi connectivity index (χ4v) is 1.21. The van der Waals surface area contributed by atoms with E-state index < -0.39 is 22.8 Å². The maximum atomic E-state index is 10.9. The molecule has 1 saturated heterocycles. The smallest absolute Gasteiger partial charge is 0.315 e. The van der Waals surface area contributed by atoms with Gasteiger partial charge in [0, 0.05) is 12.8 Å². The van der Waals surface area contributed by atoms with Gasteiger partial charge in [0.15, 0.2) is 0 Å². The first kappa shape index (κ1) is 8.16. The first-order valence-corrected chi connectivity index (χ1v) is 3.42. The van der Waals surface area contributed by atoms with Gasteiger partial charge in [0.25, 0.3) is 0 Å². The SMILES string of the molecule is [NH]C(=O)CC1CC[NH+]([O-])C1=O. The third kappa shape index (κ3) is 1.75. The standard InChI is InChI=1S/C6H9N2O3/c7-5(9)3-4-1-2-8(11)6(4)10/h4,7-8H,1-3H2. The van der Waals surface area contributed by atoms with Crippen molar-refractivity contribution in [3.05, 3.63) is 5.21 Å². The monoisotopic (exact) mass is 157 g/mol. The minimum Gasteiger partial charge on any atom is -0.627 e. The molecular weight excluding hydrogens is 148 g/mol. The second-order valence-electron chi connectivity index (χ2n) is 2.65. The molecule has 2 N–H and O–H groups in total. The number of quaternary nitrogens is 1. The van der Waals surface area contributed by atoms with Crippen molar-refractivity contribution in [2.24, 2.45) is 5.92 Å². The highest BCUT2D eigenvalue weighted by Gasteiger charge is 2.33. The fraction of sp³-hybridized carbons (Fsp3) is 0.667. The second-order valence-corrected chi connectivity index (χ2v) is 2.65. The quantitative estimate of drug-likeness (QED) is 0.476. The summed E-state index contributed by atoms with van der Waals surface area (Å²) in [4.78, 5) is 21.1. The third-order valence-corrected chi connectivity index (χ3v) is 1.80. The number of hydrogen-bond acceptors (Lipinski definition) is 3. The molecule has 5 nitrogen and oxygen atoms in total. The molecule has 0 spiro atoms. The summed E-state index contributed by atoms with van der Waals surface area (Å²) < 4.78 is 0. The summed E-state index contributed by atoms with van der Waals surface area (Å²) in [6, 6.07) is 0. The minimum atomic E-state index is -0.766. The Labute approximate surface area is 63.7 Å². The molecule has 5 heteroatoms. The highest BCUT2D eigenvalue weighted by Crippen LogP contribution is 2.09. The van der Waals surface area contributed by atoms with E-state index in [1.807, 2.05) is 0 Å². The van der Waals surface area contributed by atoms with Gasteiger partial charge < -0.3 is 10.3 Å². The molecule has 1 rings (SSSR count). The zero-order valence-electron chi connectivity index (χ0n) is 5.92. The van der Waals surface area contributed by atoms with Crippen LogP contribution in [0, 0.1) is 11.1 Å². The second kappa shape index (κ2) is 2.98. The van der Waals surface area contributed by atoms with Gasteiger partial charge in [-0.1, -0.05) is 0 Å². The summed E-state index contributed by atoms with van der Waals surface area (Å²) in [5.41, 5.74) is 6.60. The molecule has 0 aliphatic carbocycles. The molecule has 2 atom stereocenters. The van der Waals surface area contributed by atoms with Gasteiger partial charge in [-0.3, -0.25) is 10.5 Å². The molecule has 0 saturated carbocycles. The van der Waals surface area contributed by atoms with Crippen LogP contribution in [0.15, 0.2) is 0 Å². The normalized spacial score (nSPS) is 30.8. The van der Waals surface area contributed by atoms with Crippen molar-refractivity contribution in [3.8, 4) is 0 Å². The number of hydrogen-bond donors (Lipinski definition) is 1. The minimum absolute atomic E-state index is 0.0927. The van der Waals surface area contributed by atoms with Gasteiger partial charge in [0.05, 0.1) is 12.5 Å². The molecule has 0 bridgehead atoms. The van der Waals surface area contributed by atoms with E-state index in [0.717, 1.165) is 0 Å². The summed E-state index contributed by atoms with van der Waals surface area (Å²) in [6.45, 7) is 0.247. The zero-order chi connectivity index (χ0) is 8.43. The molecule has 1 aliphatic rings. The molecule has 0 aromatic rings. The van der Waals surface area contributed by atoms with E-state index in [1.54, 1.807) is 0 Å². The van der Waals surface area contributed by atoms with Crippen molar-refractivity contribution in [1.29, 1.82) is 0 Å². The number of hydroxylamine groups is 2. The van der Waals surface area contributed by atoms with E-state index in [0.29, 0.717) is 6.42 Å². The lowest BCUT2D eigenvalue weighted by Crippen LogP contribution is -3.08. The van der Waals surface area contributed by atoms with Gasteiger partial charge >= 0.3 is 5.91 Å². The lowest BCUT2D eigenvalue weighted by molar-refractivity contribution is -0.755. The Balaban J connectivity index is 2.49. The van der Waals surface area contributed by atoms with E-state index >= 15 is 0 Å². The van der Waals surface area contributed by atoms with Crippen LogP contribution in [0.2, 0.25) is 0 Å². The maximum Gasteiger partial charge on any atom is 0.315 e. The molecule has 2 unspecified atom stereocenters. The molecule has 1 aliphatic heterocycles. The van der Waals surface area contributed by atoms with Crippen LogP contribution in [-0.4, -0.2) is 18.4 Å². The van der Waals surface area contributed by atoms with Crippen molar-refractivity contribution in [2.45, 2.75) is 12.8 Å². The van der Waals surface area contributed by atoms with E-state index in [2.05, 4.69) is 0 Å². The van der Waals surface area contributed by atoms with Gasteiger partial charge in [-0.05, 0) is 0 Å². The average molecular weight is 157 g/mol. The van der Waals surface area contributed by atoms with Crippen LogP contribution in [0.5, 0.6) is 0 Å². The molecule has 0 aromatic heterocycles. The zero-order valence-corrected chi connectivity index (χ0v) is 5.92. The maximum absolute atomic E-state index is 10.9.